The minimum absolute atomic E-state index is 0.0955. The van der Waals surface area contributed by atoms with Gasteiger partial charge < -0.3 is 20.3 Å². The highest BCUT2D eigenvalue weighted by molar-refractivity contribution is 5.09. The molecule has 19 heavy (non-hydrogen) atoms. The summed E-state index contributed by atoms with van der Waals surface area (Å²) in [5.74, 6) is 0. The zero-order valence-electron chi connectivity index (χ0n) is 10.3. The van der Waals surface area contributed by atoms with Crippen molar-refractivity contribution < 1.29 is 14.6 Å². The highest BCUT2D eigenvalue weighted by Gasteiger charge is 2.61. The van der Waals surface area contributed by atoms with Crippen molar-refractivity contribution in [3.63, 3.8) is 0 Å². The van der Waals surface area contributed by atoms with Crippen molar-refractivity contribution in [3.8, 4) is 0 Å². The molecule has 2 aliphatic heterocycles. The Hall–Kier alpha value is -1.48. The zero-order chi connectivity index (χ0) is 13.8. The van der Waals surface area contributed by atoms with Crippen molar-refractivity contribution in [2.75, 3.05) is 13.2 Å². The molecule has 2 saturated heterocycles. The summed E-state index contributed by atoms with van der Waals surface area (Å²) in [6.07, 6.45) is -0.934. The van der Waals surface area contributed by atoms with E-state index >= 15 is 0 Å². The summed E-state index contributed by atoms with van der Waals surface area (Å²) in [5, 5.41) is 10.1. The number of nitrogens with one attached hydrogen (secondary N) is 1. The van der Waals surface area contributed by atoms with Crippen LogP contribution < -0.4 is 17.0 Å². The lowest BCUT2D eigenvalue weighted by atomic mass is 10.00. The van der Waals surface area contributed by atoms with Gasteiger partial charge in [0.2, 0.25) is 0 Å². The van der Waals surface area contributed by atoms with E-state index < -0.39 is 35.3 Å². The van der Waals surface area contributed by atoms with E-state index in [9.17, 15) is 14.7 Å². The molecule has 0 aliphatic carbocycles. The molecule has 3 rings (SSSR count). The Balaban J connectivity index is 2.04. The van der Waals surface area contributed by atoms with Crippen LogP contribution in [-0.4, -0.2) is 45.6 Å². The molecule has 3 heterocycles. The molecule has 1 unspecified atom stereocenters. The SMILES string of the molecule is Cc1cn([C@@H]2O[C@@]3(CN)COC2[C@@H]3O)c(=O)[nH]c1=O. The average Bonchev–Trinajstić information content (AvgIpc) is 2.85. The third-order valence-corrected chi connectivity index (χ3v) is 3.77. The first-order valence-corrected chi connectivity index (χ1v) is 5.98. The van der Waals surface area contributed by atoms with Gasteiger partial charge in [0.15, 0.2) is 6.23 Å². The van der Waals surface area contributed by atoms with Gasteiger partial charge in [-0.1, -0.05) is 0 Å². The molecule has 1 aromatic heterocycles. The molecule has 4 N–H and O–H groups in total. The summed E-state index contributed by atoms with van der Waals surface area (Å²) in [6.45, 7) is 1.87. The van der Waals surface area contributed by atoms with Gasteiger partial charge in [0.25, 0.3) is 5.56 Å². The molecule has 4 atom stereocenters. The van der Waals surface area contributed by atoms with E-state index in [-0.39, 0.29) is 13.2 Å². The number of nitrogens with zero attached hydrogens (tertiary/aromatic N) is 1. The Morgan fingerprint density at radius 2 is 2.37 bits per heavy atom. The van der Waals surface area contributed by atoms with Crippen LogP contribution in [0, 0.1) is 6.92 Å². The van der Waals surface area contributed by atoms with E-state index in [1.165, 1.54) is 10.8 Å². The summed E-state index contributed by atoms with van der Waals surface area (Å²) in [5.41, 5.74) is 3.98. The quantitative estimate of drug-likeness (QED) is 0.562. The maximum Gasteiger partial charge on any atom is 0.330 e. The van der Waals surface area contributed by atoms with Crippen LogP contribution in [0.4, 0.5) is 0 Å². The van der Waals surface area contributed by atoms with Gasteiger partial charge in [0, 0.05) is 18.3 Å². The van der Waals surface area contributed by atoms with E-state index in [4.69, 9.17) is 15.2 Å². The van der Waals surface area contributed by atoms with Crippen LogP contribution in [0.25, 0.3) is 0 Å². The molecule has 0 radical (unpaired) electrons. The fourth-order valence-electron chi connectivity index (χ4n) is 2.58. The smallest absolute Gasteiger partial charge is 0.330 e. The number of hydrogen-bond donors (Lipinski definition) is 3. The summed E-state index contributed by atoms with van der Waals surface area (Å²) < 4.78 is 12.4. The molecule has 0 amide bonds. The Morgan fingerprint density at radius 1 is 1.63 bits per heavy atom. The van der Waals surface area contributed by atoms with Crippen LogP contribution in [-0.2, 0) is 9.47 Å². The predicted molar refractivity (Wildman–Crippen MR) is 63.7 cm³/mol. The molecule has 8 nitrogen and oxygen atoms in total. The van der Waals surface area contributed by atoms with Gasteiger partial charge in [-0.25, -0.2) is 4.79 Å². The number of aliphatic hydroxyl groups is 1. The number of aromatic amines is 1. The van der Waals surface area contributed by atoms with Crippen molar-refractivity contribution >= 4 is 0 Å². The van der Waals surface area contributed by atoms with Crippen molar-refractivity contribution in [3.05, 3.63) is 32.6 Å². The number of aryl methyl sites for hydroxylation is 1. The van der Waals surface area contributed by atoms with Crippen molar-refractivity contribution in [2.45, 2.75) is 31.0 Å². The molecular weight excluding hydrogens is 254 g/mol. The predicted octanol–water partition coefficient (Wildman–Crippen LogP) is -2.17. The van der Waals surface area contributed by atoms with Crippen LogP contribution >= 0.6 is 0 Å². The molecule has 2 aliphatic rings. The summed E-state index contributed by atoms with van der Waals surface area (Å²) in [6, 6.07) is 0. The van der Waals surface area contributed by atoms with Gasteiger partial charge in [0.05, 0.1) is 6.61 Å². The lowest BCUT2D eigenvalue weighted by Crippen LogP contribution is -2.47. The van der Waals surface area contributed by atoms with E-state index in [1.807, 2.05) is 0 Å². The molecule has 2 bridgehead atoms. The van der Waals surface area contributed by atoms with Crippen molar-refractivity contribution in [1.82, 2.24) is 9.55 Å². The van der Waals surface area contributed by atoms with E-state index in [1.54, 1.807) is 6.92 Å². The monoisotopic (exact) mass is 269 g/mol. The average molecular weight is 269 g/mol. The fourth-order valence-corrected chi connectivity index (χ4v) is 2.58. The largest absolute Gasteiger partial charge is 0.387 e. The minimum Gasteiger partial charge on any atom is -0.387 e. The molecule has 0 aromatic carbocycles. The number of rotatable bonds is 2. The second-order valence-electron chi connectivity index (χ2n) is 4.98. The van der Waals surface area contributed by atoms with E-state index in [0.29, 0.717) is 5.56 Å². The minimum atomic E-state index is -0.973. The van der Waals surface area contributed by atoms with Gasteiger partial charge in [-0.05, 0) is 6.92 Å². The van der Waals surface area contributed by atoms with Crippen LogP contribution in [0.2, 0.25) is 0 Å². The summed E-state index contributed by atoms with van der Waals surface area (Å²) >= 11 is 0. The first-order chi connectivity index (χ1) is 8.98. The molecule has 104 valence electrons. The molecule has 2 fully saturated rings. The molecule has 1 aromatic rings. The molecule has 0 saturated carbocycles. The van der Waals surface area contributed by atoms with E-state index in [2.05, 4.69) is 4.98 Å². The van der Waals surface area contributed by atoms with Crippen LogP contribution in [0.1, 0.15) is 11.8 Å². The number of fused-ring (bicyclic) bond motifs is 2. The standard InChI is InChI=1S/C11H15N3O5/c1-5-2-14(10(17)13-8(5)16)9-6-7(15)11(3-12,19-9)4-18-6/h2,6-7,9,15H,3-4,12H2,1H3,(H,13,16,17)/t6?,7-,9+,11-/m0/s1. The third kappa shape index (κ3) is 1.61. The van der Waals surface area contributed by atoms with Crippen LogP contribution in [0.15, 0.2) is 15.8 Å². The Labute approximate surface area is 107 Å². The number of aliphatic hydroxyl groups excluding tert-OH is 1. The van der Waals surface area contributed by atoms with E-state index in [0.717, 1.165) is 0 Å². The van der Waals surface area contributed by atoms with Crippen LogP contribution in [0.3, 0.4) is 0 Å². The van der Waals surface area contributed by atoms with Gasteiger partial charge in [-0.2, -0.15) is 0 Å². The Morgan fingerprint density at radius 3 is 3.00 bits per heavy atom. The molecular formula is C11H15N3O5. The number of ether oxygens (including phenoxy) is 2. The lowest BCUT2D eigenvalue weighted by molar-refractivity contribution is -0.170. The fraction of sp³-hybridized carbons (Fsp3) is 0.636. The second kappa shape index (κ2) is 4.01. The highest BCUT2D eigenvalue weighted by Crippen LogP contribution is 2.43. The van der Waals surface area contributed by atoms with Gasteiger partial charge in [-0.15, -0.1) is 0 Å². The summed E-state index contributed by atoms with van der Waals surface area (Å²) in [4.78, 5) is 25.3. The number of nitrogens with two attached hydrogens (primary N) is 1. The van der Waals surface area contributed by atoms with Gasteiger partial charge >= 0.3 is 5.69 Å². The molecule has 0 spiro atoms. The van der Waals surface area contributed by atoms with Crippen molar-refractivity contribution in [1.29, 1.82) is 0 Å². The number of aromatic nitrogens is 2. The molecule has 8 heteroatoms. The zero-order valence-corrected chi connectivity index (χ0v) is 10.3. The maximum atomic E-state index is 11.8. The number of hydrogen-bond acceptors (Lipinski definition) is 6. The maximum absolute atomic E-state index is 11.8. The normalized spacial score (nSPS) is 36.9. The first kappa shape index (κ1) is 12.5. The first-order valence-electron chi connectivity index (χ1n) is 5.98. The lowest BCUT2D eigenvalue weighted by Gasteiger charge is -2.30. The highest BCUT2D eigenvalue weighted by atomic mass is 16.6. The summed E-state index contributed by atoms with van der Waals surface area (Å²) in [7, 11) is 0. The second-order valence-corrected chi connectivity index (χ2v) is 4.98. The Kier molecular flexibility index (Phi) is 2.65. The third-order valence-electron chi connectivity index (χ3n) is 3.77. The number of H-pyrrole nitrogens is 1. The van der Waals surface area contributed by atoms with Gasteiger partial charge in [0.1, 0.15) is 17.8 Å². The van der Waals surface area contributed by atoms with Crippen LogP contribution in [0.5, 0.6) is 0 Å². The van der Waals surface area contributed by atoms with Gasteiger partial charge in [-0.3, -0.25) is 14.3 Å². The Bertz CT molecular complexity index is 623. The topological polar surface area (TPSA) is 120 Å². The van der Waals surface area contributed by atoms with Crippen molar-refractivity contribution in [2.24, 2.45) is 5.73 Å².